The number of aromatic nitrogens is 2. The average Bonchev–Trinajstić information content (AvgIpc) is 3.46. The smallest absolute Gasteiger partial charge is 0.155 e. The number of hydrogen-bond donors (Lipinski definition) is 2. The summed E-state index contributed by atoms with van der Waals surface area (Å²) in [6.45, 7) is 13.7. The number of allylic oxidation sites excluding steroid dienone is 2. The third-order valence-electron chi connectivity index (χ3n) is 6.41. The maximum atomic E-state index is 9.63. The Labute approximate surface area is 209 Å². The molecule has 1 aromatic carbocycles. The number of aliphatic imine (C=N–C) groups is 1. The highest BCUT2D eigenvalue weighted by atomic mass is 16.3. The average molecular weight is 477 g/mol. The van der Waals surface area contributed by atoms with Gasteiger partial charge in [-0.3, -0.25) is 4.90 Å². The molecule has 2 fully saturated rings. The van der Waals surface area contributed by atoms with Crippen LogP contribution in [0.2, 0.25) is 0 Å². The van der Waals surface area contributed by atoms with Crippen molar-refractivity contribution < 1.29 is 5.11 Å². The van der Waals surface area contributed by atoms with Crippen molar-refractivity contribution >= 4 is 17.2 Å². The zero-order valence-corrected chi connectivity index (χ0v) is 21.7. The van der Waals surface area contributed by atoms with Crippen LogP contribution in [-0.2, 0) is 13.0 Å². The van der Waals surface area contributed by atoms with Gasteiger partial charge in [-0.2, -0.15) is 5.10 Å². The van der Waals surface area contributed by atoms with E-state index in [1.807, 2.05) is 23.8 Å². The zero-order valence-electron chi connectivity index (χ0n) is 21.7. The lowest BCUT2D eigenvalue weighted by atomic mass is 10.1. The van der Waals surface area contributed by atoms with Crippen molar-refractivity contribution in [3.63, 3.8) is 0 Å². The van der Waals surface area contributed by atoms with E-state index in [0.717, 1.165) is 44.1 Å². The Hall–Kier alpha value is -2.90. The van der Waals surface area contributed by atoms with Crippen LogP contribution in [-0.4, -0.2) is 58.4 Å². The number of nitrogens with one attached hydrogen (secondary N) is 1. The van der Waals surface area contributed by atoms with Gasteiger partial charge in [0.25, 0.3) is 0 Å². The number of β-amino-alcohol motifs (C(OH)–C–C–N with tert-alkyl or cyclic N) is 1. The molecule has 0 atom stereocenters. The summed E-state index contributed by atoms with van der Waals surface area (Å²) in [4.78, 5) is 9.30. The molecule has 0 unspecified atom stereocenters. The fourth-order valence-corrected chi connectivity index (χ4v) is 4.57. The summed E-state index contributed by atoms with van der Waals surface area (Å²) >= 11 is 0. The Morgan fingerprint density at radius 1 is 1.29 bits per heavy atom. The third-order valence-corrected chi connectivity index (χ3v) is 6.41. The SMILES string of the molecule is C=C(/N=C(\C=C/C)n1cc(CN2CC(O)C2)c(C2CC2)n1)Nc1ccc2c(c1)CCN2C.CCC. The van der Waals surface area contributed by atoms with E-state index in [4.69, 9.17) is 10.1 Å². The maximum Gasteiger partial charge on any atom is 0.155 e. The molecule has 0 spiro atoms. The summed E-state index contributed by atoms with van der Waals surface area (Å²) in [5.41, 5.74) is 6.06. The van der Waals surface area contributed by atoms with E-state index in [1.165, 1.54) is 41.8 Å². The van der Waals surface area contributed by atoms with E-state index in [0.29, 0.717) is 11.7 Å². The molecule has 7 nitrogen and oxygen atoms in total. The van der Waals surface area contributed by atoms with Crippen molar-refractivity contribution in [3.8, 4) is 0 Å². The van der Waals surface area contributed by atoms with E-state index >= 15 is 0 Å². The number of likely N-dealkylation sites (N-methyl/N-ethyl adjacent to an activating group) is 1. The van der Waals surface area contributed by atoms with E-state index in [2.05, 4.69) is 67.0 Å². The molecule has 1 saturated heterocycles. The van der Waals surface area contributed by atoms with Gasteiger partial charge in [0.2, 0.25) is 0 Å². The molecule has 2 aromatic rings. The van der Waals surface area contributed by atoms with Gasteiger partial charge in [0.15, 0.2) is 5.84 Å². The highest BCUT2D eigenvalue weighted by molar-refractivity contribution is 5.95. The van der Waals surface area contributed by atoms with Crippen LogP contribution in [0, 0.1) is 0 Å². The van der Waals surface area contributed by atoms with Gasteiger partial charge in [-0.1, -0.05) is 32.9 Å². The van der Waals surface area contributed by atoms with Crippen molar-refractivity contribution in [2.24, 2.45) is 4.99 Å². The fourth-order valence-electron chi connectivity index (χ4n) is 4.57. The van der Waals surface area contributed by atoms with Crippen molar-refractivity contribution in [3.05, 3.63) is 65.8 Å². The zero-order chi connectivity index (χ0) is 24.9. The highest BCUT2D eigenvalue weighted by Gasteiger charge is 2.32. The van der Waals surface area contributed by atoms with Gasteiger partial charge in [0.05, 0.1) is 11.8 Å². The third kappa shape index (κ3) is 6.21. The largest absolute Gasteiger partial charge is 0.390 e. The molecule has 7 heteroatoms. The maximum absolute atomic E-state index is 9.63. The summed E-state index contributed by atoms with van der Waals surface area (Å²) < 4.78 is 1.88. The first kappa shape index (κ1) is 25.2. The van der Waals surface area contributed by atoms with E-state index < -0.39 is 0 Å². The first-order valence-electron chi connectivity index (χ1n) is 12.9. The second kappa shape index (κ2) is 11.2. The highest BCUT2D eigenvalue weighted by Crippen LogP contribution is 2.41. The number of fused-ring (bicyclic) bond motifs is 1. The summed E-state index contributed by atoms with van der Waals surface area (Å²) in [7, 11) is 2.13. The lowest BCUT2D eigenvalue weighted by molar-refractivity contribution is -0.00300. The van der Waals surface area contributed by atoms with Gasteiger partial charge in [-0.05, 0) is 56.0 Å². The summed E-state index contributed by atoms with van der Waals surface area (Å²) in [5.74, 6) is 1.87. The number of aliphatic hydroxyl groups excluding tert-OH is 1. The Balaban J connectivity index is 0.000000917. The molecule has 35 heavy (non-hydrogen) atoms. The topological polar surface area (TPSA) is 68.9 Å². The van der Waals surface area contributed by atoms with Crippen LogP contribution in [0.1, 0.15) is 62.8 Å². The van der Waals surface area contributed by atoms with Gasteiger partial charge in [0.1, 0.15) is 5.82 Å². The predicted octanol–water partition coefficient (Wildman–Crippen LogP) is 4.75. The fraction of sp³-hybridized carbons (Fsp3) is 0.500. The minimum atomic E-state index is -0.191. The monoisotopic (exact) mass is 476 g/mol. The molecular formula is C28H40N6O. The lowest BCUT2D eigenvalue weighted by Gasteiger charge is -2.35. The van der Waals surface area contributed by atoms with Crippen molar-refractivity contribution in [1.29, 1.82) is 0 Å². The van der Waals surface area contributed by atoms with Gasteiger partial charge in [-0.15, -0.1) is 0 Å². The lowest BCUT2D eigenvalue weighted by Crippen LogP contribution is -2.49. The second-order valence-electron chi connectivity index (χ2n) is 9.87. The Morgan fingerprint density at radius 2 is 2.03 bits per heavy atom. The number of rotatable bonds is 7. The predicted molar refractivity (Wildman–Crippen MR) is 145 cm³/mol. The number of benzene rings is 1. The van der Waals surface area contributed by atoms with Crippen molar-refractivity contribution in [1.82, 2.24) is 14.7 Å². The number of aliphatic hydroxyl groups is 1. The molecule has 5 rings (SSSR count). The molecule has 3 aliphatic rings. The first-order chi connectivity index (χ1) is 16.9. The van der Waals surface area contributed by atoms with Gasteiger partial charge in [-0.25, -0.2) is 9.67 Å². The molecule has 188 valence electrons. The molecule has 0 amide bonds. The van der Waals surface area contributed by atoms with Crippen LogP contribution < -0.4 is 10.2 Å². The molecule has 2 aliphatic heterocycles. The normalized spacial score (nSPS) is 18.3. The van der Waals surface area contributed by atoms with E-state index in [-0.39, 0.29) is 6.10 Å². The van der Waals surface area contributed by atoms with Crippen LogP contribution in [0.15, 0.2) is 53.9 Å². The number of hydrogen-bond acceptors (Lipinski definition) is 6. The molecule has 0 bridgehead atoms. The number of anilines is 2. The number of nitrogens with zero attached hydrogens (tertiary/aromatic N) is 5. The van der Waals surface area contributed by atoms with Crippen LogP contribution in [0.5, 0.6) is 0 Å². The molecular weight excluding hydrogens is 436 g/mol. The number of likely N-dealkylation sites (tertiary alicyclic amines) is 1. The molecule has 1 saturated carbocycles. The summed E-state index contributed by atoms with van der Waals surface area (Å²) in [6.07, 6.45) is 10.6. The van der Waals surface area contributed by atoms with Crippen molar-refractivity contribution in [2.75, 3.05) is 36.9 Å². The summed E-state index contributed by atoms with van der Waals surface area (Å²) in [6, 6.07) is 6.42. The van der Waals surface area contributed by atoms with E-state index in [9.17, 15) is 5.11 Å². The van der Waals surface area contributed by atoms with Crippen LogP contribution in [0.25, 0.3) is 0 Å². The Kier molecular flexibility index (Phi) is 8.08. The Morgan fingerprint density at radius 3 is 2.69 bits per heavy atom. The first-order valence-corrected chi connectivity index (χ1v) is 12.9. The minimum Gasteiger partial charge on any atom is -0.390 e. The quantitative estimate of drug-likeness (QED) is 0.446. The van der Waals surface area contributed by atoms with Crippen LogP contribution in [0.3, 0.4) is 0 Å². The van der Waals surface area contributed by atoms with Crippen molar-refractivity contribution in [2.45, 2.75) is 65.0 Å². The minimum absolute atomic E-state index is 0.191. The standard InChI is InChI=1S/C25H32N6O.C3H8/c1-4-5-24(27-17(2)26-21-8-9-23-19(12-21)10-11-29(23)3)31-14-20(13-30-15-22(32)16-30)25(28-31)18-6-7-18;1-3-2/h4-5,8-9,12,14,18,22,26,32H,2,6-7,10-11,13,15-16H2,1,3H3;3H2,1-2H3/b5-4-,27-24+;. The van der Waals surface area contributed by atoms with Gasteiger partial charge in [0, 0.05) is 62.3 Å². The van der Waals surface area contributed by atoms with E-state index in [1.54, 1.807) is 0 Å². The van der Waals surface area contributed by atoms with Gasteiger partial charge >= 0.3 is 0 Å². The Bertz CT molecular complexity index is 1090. The van der Waals surface area contributed by atoms with Crippen LogP contribution in [0.4, 0.5) is 11.4 Å². The molecule has 1 aromatic heterocycles. The molecule has 2 N–H and O–H groups in total. The molecule has 3 heterocycles. The molecule has 1 aliphatic carbocycles. The molecule has 0 radical (unpaired) electrons. The second-order valence-corrected chi connectivity index (χ2v) is 9.87. The van der Waals surface area contributed by atoms with Gasteiger partial charge < -0.3 is 15.3 Å². The summed E-state index contributed by atoms with van der Waals surface area (Å²) in [5, 5.41) is 17.9. The van der Waals surface area contributed by atoms with Crippen LogP contribution >= 0.6 is 0 Å².